The largest absolute Gasteiger partial charge is 0.207 e. The average Bonchev–Trinajstić information content (AvgIpc) is 2.41. The van der Waals surface area contributed by atoms with Crippen LogP contribution in [-0.4, -0.2) is 5.33 Å². The van der Waals surface area contributed by atoms with Crippen molar-refractivity contribution in [3.63, 3.8) is 0 Å². The second-order valence-electron chi connectivity index (χ2n) is 4.31. The number of hydrogen-bond donors (Lipinski definition) is 0. The summed E-state index contributed by atoms with van der Waals surface area (Å²) >= 11 is 15.6. The van der Waals surface area contributed by atoms with Crippen molar-refractivity contribution < 1.29 is 4.39 Å². The number of benzene rings is 2. The lowest BCUT2D eigenvalue weighted by atomic mass is 9.93. The lowest BCUT2D eigenvalue weighted by molar-refractivity contribution is 0.590. The molecule has 4 heteroatoms. The first-order valence-corrected chi connectivity index (χ1v) is 7.74. The van der Waals surface area contributed by atoms with Crippen LogP contribution in [0.15, 0.2) is 42.5 Å². The van der Waals surface area contributed by atoms with E-state index >= 15 is 0 Å². The van der Waals surface area contributed by atoms with Crippen LogP contribution < -0.4 is 0 Å². The summed E-state index contributed by atoms with van der Waals surface area (Å²) in [6, 6.07) is 12.2. The number of hydrogen-bond acceptors (Lipinski definition) is 0. The normalized spacial score (nSPS) is 12.4. The maximum absolute atomic E-state index is 13.8. The van der Waals surface area contributed by atoms with Gasteiger partial charge in [0, 0.05) is 21.3 Å². The Morgan fingerprint density at radius 3 is 2.53 bits per heavy atom. The van der Waals surface area contributed by atoms with Crippen molar-refractivity contribution in [1.29, 1.82) is 0 Å². The van der Waals surface area contributed by atoms with Crippen molar-refractivity contribution in [3.8, 4) is 0 Å². The minimum Gasteiger partial charge on any atom is -0.207 e. The van der Waals surface area contributed by atoms with Gasteiger partial charge < -0.3 is 0 Å². The van der Waals surface area contributed by atoms with Gasteiger partial charge in [-0.25, -0.2) is 4.39 Å². The lowest BCUT2D eigenvalue weighted by Gasteiger charge is -2.16. The molecule has 1 unspecified atom stereocenters. The third kappa shape index (κ3) is 3.71. The Bertz CT molecular complexity index is 572. The van der Waals surface area contributed by atoms with Crippen molar-refractivity contribution in [3.05, 3.63) is 69.5 Å². The van der Waals surface area contributed by atoms with Gasteiger partial charge in [-0.2, -0.15) is 0 Å². The van der Waals surface area contributed by atoms with Gasteiger partial charge in [-0.15, -0.1) is 0 Å². The predicted octanol–water partition coefficient (Wildman–Crippen LogP) is 5.85. The third-order valence-electron chi connectivity index (χ3n) is 3.01. The Morgan fingerprint density at radius 2 is 1.84 bits per heavy atom. The van der Waals surface area contributed by atoms with Crippen LogP contribution in [0.1, 0.15) is 17.0 Å². The minimum absolute atomic E-state index is 0.0252. The van der Waals surface area contributed by atoms with Gasteiger partial charge in [0.1, 0.15) is 5.82 Å². The van der Waals surface area contributed by atoms with Crippen LogP contribution in [0.25, 0.3) is 0 Å². The Hall–Kier alpha value is -0.570. The summed E-state index contributed by atoms with van der Waals surface area (Å²) in [5.74, 6) is -0.165. The number of rotatable bonds is 4. The molecule has 0 N–H and O–H groups in total. The van der Waals surface area contributed by atoms with E-state index < -0.39 is 0 Å². The second-order valence-corrected chi connectivity index (χ2v) is 5.80. The topological polar surface area (TPSA) is 0 Å². The van der Waals surface area contributed by atoms with Crippen LogP contribution in [0.5, 0.6) is 0 Å². The lowest BCUT2D eigenvalue weighted by Crippen LogP contribution is -2.07. The Morgan fingerprint density at radius 1 is 1.11 bits per heavy atom. The molecule has 2 rings (SSSR count). The van der Waals surface area contributed by atoms with E-state index in [1.165, 1.54) is 6.07 Å². The van der Waals surface area contributed by atoms with Crippen molar-refractivity contribution >= 4 is 39.1 Å². The van der Waals surface area contributed by atoms with Crippen LogP contribution >= 0.6 is 39.1 Å². The standard InChI is InChI=1S/C15H12BrCl2F/c16-9-11(13-3-1-2-4-15(13)19)7-10-8-12(17)5-6-14(10)18/h1-6,8,11H,7,9H2. The molecule has 0 saturated carbocycles. The molecule has 2 aromatic rings. The molecule has 0 aliphatic rings. The van der Waals surface area contributed by atoms with Crippen molar-refractivity contribution in [2.75, 3.05) is 5.33 Å². The highest BCUT2D eigenvalue weighted by Crippen LogP contribution is 2.29. The molecule has 0 aliphatic carbocycles. The first kappa shape index (κ1) is 14.8. The van der Waals surface area contributed by atoms with E-state index in [2.05, 4.69) is 15.9 Å². The minimum atomic E-state index is -0.190. The first-order valence-electron chi connectivity index (χ1n) is 5.86. The summed E-state index contributed by atoms with van der Waals surface area (Å²) in [4.78, 5) is 0. The van der Waals surface area contributed by atoms with Crippen LogP contribution in [0.3, 0.4) is 0 Å². The molecular weight excluding hydrogens is 350 g/mol. The molecule has 0 aromatic heterocycles. The first-order chi connectivity index (χ1) is 9.11. The molecule has 0 saturated heterocycles. The molecule has 100 valence electrons. The number of alkyl halides is 1. The molecular formula is C15H12BrCl2F. The highest BCUT2D eigenvalue weighted by molar-refractivity contribution is 9.09. The van der Waals surface area contributed by atoms with Gasteiger partial charge in [0.2, 0.25) is 0 Å². The molecule has 0 spiro atoms. The summed E-state index contributed by atoms with van der Waals surface area (Å²) < 4.78 is 13.8. The van der Waals surface area contributed by atoms with Gasteiger partial charge in [0.05, 0.1) is 0 Å². The SMILES string of the molecule is Fc1ccccc1C(CBr)Cc1cc(Cl)ccc1Cl. The summed E-state index contributed by atoms with van der Waals surface area (Å²) in [5, 5.41) is 1.96. The van der Waals surface area contributed by atoms with E-state index in [0.29, 0.717) is 27.4 Å². The van der Waals surface area contributed by atoms with E-state index in [9.17, 15) is 4.39 Å². The Kier molecular flexibility index (Phi) is 5.26. The quantitative estimate of drug-likeness (QED) is 0.599. The van der Waals surface area contributed by atoms with Crippen molar-refractivity contribution in [2.24, 2.45) is 0 Å². The zero-order valence-corrected chi connectivity index (χ0v) is 13.1. The fraction of sp³-hybridized carbons (Fsp3) is 0.200. The van der Waals surface area contributed by atoms with E-state index in [1.54, 1.807) is 24.3 Å². The Balaban J connectivity index is 2.29. The third-order valence-corrected chi connectivity index (χ3v) is 4.39. The molecule has 0 fully saturated rings. The smallest absolute Gasteiger partial charge is 0.126 e. The van der Waals surface area contributed by atoms with Gasteiger partial charge in [-0.1, -0.05) is 57.3 Å². The predicted molar refractivity (Wildman–Crippen MR) is 83.1 cm³/mol. The van der Waals surface area contributed by atoms with Gasteiger partial charge in [-0.05, 0) is 41.8 Å². The molecule has 2 aromatic carbocycles. The van der Waals surface area contributed by atoms with Gasteiger partial charge in [-0.3, -0.25) is 0 Å². The average molecular weight is 362 g/mol. The van der Waals surface area contributed by atoms with Gasteiger partial charge in [0.25, 0.3) is 0 Å². The molecule has 0 aliphatic heterocycles. The van der Waals surface area contributed by atoms with Crippen LogP contribution in [-0.2, 0) is 6.42 Å². The zero-order valence-electron chi connectivity index (χ0n) is 10.0. The fourth-order valence-corrected chi connectivity index (χ4v) is 2.99. The van der Waals surface area contributed by atoms with Gasteiger partial charge in [0.15, 0.2) is 0 Å². The molecule has 0 amide bonds. The summed E-state index contributed by atoms with van der Waals surface area (Å²) in [6.45, 7) is 0. The van der Waals surface area contributed by atoms with E-state index in [4.69, 9.17) is 23.2 Å². The van der Waals surface area contributed by atoms with Gasteiger partial charge >= 0.3 is 0 Å². The summed E-state index contributed by atoms with van der Waals surface area (Å²) in [6.07, 6.45) is 0.644. The fourth-order valence-electron chi connectivity index (χ4n) is 2.02. The molecule has 0 radical (unpaired) electrons. The monoisotopic (exact) mass is 360 g/mol. The molecule has 19 heavy (non-hydrogen) atoms. The summed E-state index contributed by atoms with van der Waals surface area (Å²) in [7, 11) is 0. The Labute approximate surface area is 130 Å². The van der Waals surface area contributed by atoms with E-state index in [0.717, 1.165) is 5.56 Å². The molecule has 1 atom stereocenters. The number of halogens is 4. The van der Waals surface area contributed by atoms with Crippen LogP contribution in [0.2, 0.25) is 10.0 Å². The second kappa shape index (κ2) is 6.74. The maximum atomic E-state index is 13.8. The zero-order chi connectivity index (χ0) is 13.8. The molecule has 0 heterocycles. The van der Waals surface area contributed by atoms with Crippen molar-refractivity contribution in [2.45, 2.75) is 12.3 Å². The van der Waals surface area contributed by atoms with E-state index in [1.807, 2.05) is 12.1 Å². The van der Waals surface area contributed by atoms with E-state index in [-0.39, 0.29) is 11.7 Å². The van der Waals surface area contributed by atoms with Crippen LogP contribution in [0.4, 0.5) is 4.39 Å². The van der Waals surface area contributed by atoms with Crippen LogP contribution in [0, 0.1) is 5.82 Å². The highest BCUT2D eigenvalue weighted by atomic mass is 79.9. The van der Waals surface area contributed by atoms with Crippen molar-refractivity contribution in [1.82, 2.24) is 0 Å². The molecule has 0 nitrogen and oxygen atoms in total. The summed E-state index contributed by atoms with van der Waals surface area (Å²) in [5.41, 5.74) is 1.62. The maximum Gasteiger partial charge on any atom is 0.126 e. The molecule has 0 bridgehead atoms. The highest BCUT2D eigenvalue weighted by Gasteiger charge is 2.16.